The van der Waals surface area contributed by atoms with Gasteiger partial charge in [-0.15, -0.1) is 0 Å². The summed E-state index contributed by atoms with van der Waals surface area (Å²) in [6, 6.07) is 7.98. The zero-order valence-electron chi connectivity index (χ0n) is 9.71. The summed E-state index contributed by atoms with van der Waals surface area (Å²) in [6.45, 7) is 0. The van der Waals surface area contributed by atoms with Crippen molar-refractivity contribution in [2.75, 3.05) is 0 Å². The molecule has 2 rings (SSSR count). The summed E-state index contributed by atoms with van der Waals surface area (Å²) in [7, 11) is 0. The topological polar surface area (TPSA) is 89.0 Å². The smallest absolute Gasteiger partial charge is 0.314 e. The van der Waals surface area contributed by atoms with E-state index in [4.69, 9.17) is 10.00 Å². The molecule has 6 nitrogen and oxygen atoms in total. The van der Waals surface area contributed by atoms with Gasteiger partial charge in [0.25, 0.3) is 0 Å². The zero-order chi connectivity index (χ0) is 14.7. The zero-order valence-corrected chi connectivity index (χ0v) is 13.5. The van der Waals surface area contributed by atoms with Crippen LogP contribution < -0.4 is 4.74 Å². The van der Waals surface area contributed by atoms with Crippen LogP contribution in [0.15, 0.2) is 34.9 Å². The molecule has 0 atom stereocenters. The van der Waals surface area contributed by atoms with Gasteiger partial charge in [0, 0.05) is 12.3 Å². The standard InChI is InChI=1S/C12H5BrIN3O3/c13-8-2-1-3-16-12(8)20-11-9(14)4-7(6-15)5-10(11)17(18)19/h1-5H. The summed E-state index contributed by atoms with van der Waals surface area (Å²) in [4.78, 5) is 14.5. The van der Waals surface area contributed by atoms with Gasteiger partial charge in [-0.2, -0.15) is 5.26 Å². The Balaban J connectivity index is 2.54. The van der Waals surface area contributed by atoms with Gasteiger partial charge in [-0.1, -0.05) is 0 Å². The summed E-state index contributed by atoms with van der Waals surface area (Å²) in [5.74, 6) is 0.284. The molecule has 100 valence electrons. The highest BCUT2D eigenvalue weighted by atomic mass is 127. The van der Waals surface area contributed by atoms with E-state index in [9.17, 15) is 10.1 Å². The number of rotatable bonds is 3. The van der Waals surface area contributed by atoms with E-state index in [0.29, 0.717) is 8.04 Å². The number of halogens is 2. The minimum absolute atomic E-state index is 0.0639. The van der Waals surface area contributed by atoms with Crippen LogP contribution in [-0.4, -0.2) is 9.91 Å². The Labute approximate surface area is 135 Å². The Bertz CT molecular complexity index is 730. The van der Waals surface area contributed by atoms with E-state index < -0.39 is 4.92 Å². The lowest BCUT2D eigenvalue weighted by Crippen LogP contribution is -1.98. The van der Waals surface area contributed by atoms with Crippen LogP contribution >= 0.6 is 38.5 Å². The van der Waals surface area contributed by atoms with Gasteiger partial charge in [-0.3, -0.25) is 10.1 Å². The van der Waals surface area contributed by atoms with Gasteiger partial charge in [0.05, 0.1) is 24.6 Å². The number of aromatic nitrogens is 1. The number of hydrogen-bond donors (Lipinski definition) is 0. The van der Waals surface area contributed by atoms with Gasteiger partial charge < -0.3 is 4.74 Å². The van der Waals surface area contributed by atoms with Crippen LogP contribution in [-0.2, 0) is 0 Å². The molecular weight excluding hydrogens is 441 g/mol. The van der Waals surface area contributed by atoms with E-state index in [2.05, 4.69) is 20.9 Å². The molecule has 0 fully saturated rings. The second-order valence-corrected chi connectivity index (χ2v) is 5.58. The lowest BCUT2D eigenvalue weighted by Gasteiger charge is -2.09. The van der Waals surface area contributed by atoms with Crippen molar-refractivity contribution in [2.45, 2.75) is 0 Å². The minimum Gasteiger partial charge on any atom is -0.429 e. The molecule has 8 heteroatoms. The first-order valence-electron chi connectivity index (χ1n) is 5.19. The summed E-state index contributed by atoms with van der Waals surface area (Å²) < 4.78 is 6.56. The molecule has 20 heavy (non-hydrogen) atoms. The van der Waals surface area contributed by atoms with Crippen LogP contribution in [0.4, 0.5) is 5.69 Å². The minimum atomic E-state index is -0.588. The van der Waals surface area contributed by atoms with Crippen molar-refractivity contribution in [1.29, 1.82) is 5.26 Å². The third-order valence-electron chi connectivity index (χ3n) is 2.27. The van der Waals surface area contributed by atoms with Crippen LogP contribution in [0, 0.1) is 25.0 Å². The quantitative estimate of drug-likeness (QED) is 0.404. The molecule has 0 saturated heterocycles. The van der Waals surface area contributed by atoms with E-state index in [-0.39, 0.29) is 22.9 Å². The third kappa shape index (κ3) is 3.05. The molecule has 0 unspecified atom stereocenters. The Kier molecular flexibility index (Phi) is 4.51. The Morgan fingerprint density at radius 1 is 1.50 bits per heavy atom. The van der Waals surface area contributed by atoms with Gasteiger partial charge in [0.2, 0.25) is 11.6 Å². The van der Waals surface area contributed by atoms with E-state index >= 15 is 0 Å². The molecule has 0 radical (unpaired) electrons. The molecule has 0 saturated carbocycles. The molecule has 1 aromatic carbocycles. The largest absolute Gasteiger partial charge is 0.429 e. The molecule has 0 amide bonds. The molecule has 1 heterocycles. The fraction of sp³-hybridized carbons (Fsp3) is 0. The molecule has 0 N–H and O–H groups in total. The van der Waals surface area contributed by atoms with Gasteiger partial charge in [-0.25, -0.2) is 4.98 Å². The summed E-state index contributed by atoms with van der Waals surface area (Å²) in [5, 5.41) is 20.0. The molecule has 0 aliphatic carbocycles. The van der Waals surface area contributed by atoms with Crippen LogP contribution in [0.5, 0.6) is 11.6 Å². The van der Waals surface area contributed by atoms with E-state index in [1.54, 1.807) is 12.1 Å². The normalized spacial score (nSPS) is 9.85. The molecule has 0 bridgehead atoms. The van der Waals surface area contributed by atoms with Crippen molar-refractivity contribution in [3.05, 3.63) is 54.2 Å². The molecule has 0 aliphatic heterocycles. The van der Waals surface area contributed by atoms with Crippen LogP contribution in [0.1, 0.15) is 5.56 Å². The fourth-order valence-corrected chi connectivity index (χ4v) is 2.48. The average Bonchev–Trinajstić information content (AvgIpc) is 2.42. The summed E-state index contributed by atoms with van der Waals surface area (Å²) in [5.41, 5.74) is -0.0699. The number of pyridine rings is 1. The van der Waals surface area contributed by atoms with Crippen molar-refractivity contribution < 1.29 is 9.66 Å². The molecule has 0 spiro atoms. The number of hydrogen-bond acceptors (Lipinski definition) is 5. The predicted octanol–water partition coefficient (Wildman–Crippen LogP) is 4.02. The number of benzene rings is 1. The van der Waals surface area contributed by atoms with Crippen molar-refractivity contribution in [1.82, 2.24) is 4.98 Å². The van der Waals surface area contributed by atoms with Crippen LogP contribution in [0.2, 0.25) is 0 Å². The Morgan fingerprint density at radius 3 is 2.85 bits per heavy atom. The number of nitro groups is 1. The Morgan fingerprint density at radius 2 is 2.25 bits per heavy atom. The molecule has 1 aromatic heterocycles. The van der Waals surface area contributed by atoms with E-state index in [1.807, 2.05) is 28.7 Å². The third-order valence-corrected chi connectivity index (χ3v) is 3.68. The maximum atomic E-state index is 11.1. The van der Waals surface area contributed by atoms with Crippen molar-refractivity contribution in [2.24, 2.45) is 0 Å². The maximum absolute atomic E-state index is 11.1. The number of nitriles is 1. The average molecular weight is 446 g/mol. The van der Waals surface area contributed by atoms with Crippen molar-refractivity contribution in [3.8, 4) is 17.7 Å². The SMILES string of the molecule is N#Cc1cc(I)c(Oc2ncccc2Br)c([N+](=O)[O-])c1. The second-order valence-electron chi connectivity index (χ2n) is 3.57. The monoisotopic (exact) mass is 445 g/mol. The van der Waals surface area contributed by atoms with Gasteiger partial charge >= 0.3 is 5.69 Å². The fourth-order valence-electron chi connectivity index (χ4n) is 1.42. The first-order valence-corrected chi connectivity index (χ1v) is 7.06. The highest BCUT2D eigenvalue weighted by molar-refractivity contribution is 14.1. The molecular formula is C12H5BrIN3O3. The first kappa shape index (κ1) is 14.7. The molecule has 2 aromatic rings. The Hall–Kier alpha value is -1.73. The van der Waals surface area contributed by atoms with Gasteiger partial charge in [-0.05, 0) is 56.7 Å². The lowest BCUT2D eigenvalue weighted by atomic mass is 10.2. The van der Waals surface area contributed by atoms with Crippen LogP contribution in [0.3, 0.4) is 0 Å². The highest BCUT2D eigenvalue weighted by Crippen LogP contribution is 2.38. The maximum Gasteiger partial charge on any atom is 0.314 e. The molecule has 0 aliphatic rings. The van der Waals surface area contributed by atoms with Crippen LogP contribution in [0.25, 0.3) is 0 Å². The van der Waals surface area contributed by atoms with Gasteiger partial charge in [0.15, 0.2) is 0 Å². The van der Waals surface area contributed by atoms with Crippen molar-refractivity contribution >= 4 is 44.2 Å². The van der Waals surface area contributed by atoms with Crippen molar-refractivity contribution in [3.63, 3.8) is 0 Å². The number of ether oxygens (including phenoxy) is 1. The number of nitro benzene ring substituents is 1. The second kappa shape index (κ2) is 6.15. The first-order chi connectivity index (χ1) is 9.52. The summed E-state index contributed by atoms with van der Waals surface area (Å²) >= 11 is 5.14. The van der Waals surface area contributed by atoms with Gasteiger partial charge in [0.1, 0.15) is 0 Å². The lowest BCUT2D eigenvalue weighted by molar-refractivity contribution is -0.385. The number of nitrogens with zero attached hydrogens (tertiary/aromatic N) is 3. The van der Waals surface area contributed by atoms with E-state index in [1.165, 1.54) is 18.3 Å². The summed E-state index contributed by atoms with van der Waals surface area (Å²) in [6.07, 6.45) is 1.52. The van der Waals surface area contributed by atoms with E-state index in [0.717, 1.165) is 0 Å². The predicted molar refractivity (Wildman–Crippen MR) is 82.5 cm³/mol. The highest BCUT2D eigenvalue weighted by Gasteiger charge is 2.22.